The topological polar surface area (TPSA) is 67.4 Å². The Bertz CT molecular complexity index is 896. The summed E-state index contributed by atoms with van der Waals surface area (Å²) in [7, 11) is 1.58. The summed E-state index contributed by atoms with van der Waals surface area (Å²) in [6.45, 7) is 8.26. The molecule has 1 heterocycles. The zero-order chi connectivity index (χ0) is 20.5. The normalized spacial score (nSPS) is 16.2. The van der Waals surface area contributed by atoms with E-state index in [4.69, 9.17) is 4.74 Å². The van der Waals surface area contributed by atoms with Crippen LogP contribution in [0.4, 0.5) is 10.7 Å². The average molecular weight is 401 g/mol. The molecule has 0 unspecified atom stereocenters. The van der Waals surface area contributed by atoms with Crippen LogP contribution in [0, 0.1) is 11.3 Å². The van der Waals surface area contributed by atoms with Crippen LogP contribution in [-0.4, -0.2) is 18.9 Å². The number of amides is 2. The highest BCUT2D eigenvalue weighted by Crippen LogP contribution is 2.44. The van der Waals surface area contributed by atoms with Crippen molar-refractivity contribution in [3.63, 3.8) is 0 Å². The molecule has 0 spiro atoms. The quantitative estimate of drug-likeness (QED) is 0.749. The maximum absolute atomic E-state index is 13.2. The van der Waals surface area contributed by atoms with Gasteiger partial charge >= 0.3 is 0 Å². The number of carbonyl (C=O) groups excluding carboxylic acids is 2. The molecular formula is C22H28N2O3S. The molecule has 0 aliphatic heterocycles. The second kappa shape index (κ2) is 7.95. The summed E-state index contributed by atoms with van der Waals surface area (Å²) in [5.41, 5.74) is 2.50. The summed E-state index contributed by atoms with van der Waals surface area (Å²) >= 11 is 1.53. The zero-order valence-corrected chi connectivity index (χ0v) is 18.0. The van der Waals surface area contributed by atoms with Crippen LogP contribution in [0.25, 0.3) is 0 Å². The largest absolute Gasteiger partial charge is 0.495 e. The predicted octanol–water partition coefficient (Wildman–Crippen LogP) is 5.12. The van der Waals surface area contributed by atoms with Crippen molar-refractivity contribution in [2.24, 2.45) is 11.3 Å². The van der Waals surface area contributed by atoms with Gasteiger partial charge in [-0.2, -0.15) is 0 Å². The smallest absolute Gasteiger partial charge is 0.259 e. The third kappa shape index (κ3) is 4.22. The third-order valence-electron chi connectivity index (χ3n) is 5.36. The molecule has 28 heavy (non-hydrogen) atoms. The first kappa shape index (κ1) is 20.4. The number of rotatable bonds is 4. The van der Waals surface area contributed by atoms with Gasteiger partial charge in [-0.05, 0) is 48.3 Å². The Morgan fingerprint density at radius 3 is 2.54 bits per heavy atom. The van der Waals surface area contributed by atoms with Gasteiger partial charge in [-0.1, -0.05) is 32.9 Å². The highest BCUT2D eigenvalue weighted by atomic mass is 32.1. The Kier molecular flexibility index (Phi) is 5.79. The lowest BCUT2D eigenvalue weighted by Gasteiger charge is -2.33. The van der Waals surface area contributed by atoms with Crippen LogP contribution in [-0.2, 0) is 17.6 Å². The molecule has 2 N–H and O–H groups in total. The van der Waals surface area contributed by atoms with Crippen molar-refractivity contribution < 1.29 is 14.3 Å². The lowest BCUT2D eigenvalue weighted by Crippen LogP contribution is -2.27. The van der Waals surface area contributed by atoms with Crippen molar-refractivity contribution in [3.8, 4) is 5.75 Å². The number of nitrogens with one attached hydrogen (secondary N) is 2. The molecule has 5 nitrogen and oxygen atoms in total. The molecule has 3 rings (SSSR count). The van der Waals surface area contributed by atoms with Crippen molar-refractivity contribution >= 4 is 33.8 Å². The molecule has 6 heteroatoms. The number of fused-ring (bicyclic) bond motifs is 1. The maximum Gasteiger partial charge on any atom is 0.259 e. The van der Waals surface area contributed by atoms with E-state index in [0.29, 0.717) is 27.9 Å². The zero-order valence-electron chi connectivity index (χ0n) is 17.1. The van der Waals surface area contributed by atoms with Gasteiger partial charge in [0.15, 0.2) is 0 Å². The molecule has 150 valence electrons. The van der Waals surface area contributed by atoms with Crippen molar-refractivity contribution in [3.05, 3.63) is 40.3 Å². The SMILES string of the molecule is COc1ccccc1NC(=O)c1c(NC(C)=O)sc2c1CC[C@H](C(C)(C)C)C2. The van der Waals surface area contributed by atoms with Crippen molar-refractivity contribution in [1.29, 1.82) is 0 Å². The van der Waals surface area contributed by atoms with Gasteiger partial charge in [0.05, 0.1) is 18.4 Å². The number of ether oxygens (including phenoxy) is 1. The van der Waals surface area contributed by atoms with Crippen LogP contribution in [0.1, 0.15) is 54.9 Å². The van der Waals surface area contributed by atoms with Gasteiger partial charge in [0.25, 0.3) is 5.91 Å². The van der Waals surface area contributed by atoms with Crippen LogP contribution in [0.15, 0.2) is 24.3 Å². The maximum atomic E-state index is 13.2. The minimum absolute atomic E-state index is 0.169. The van der Waals surface area contributed by atoms with Crippen LogP contribution in [0.5, 0.6) is 5.75 Å². The van der Waals surface area contributed by atoms with E-state index in [0.717, 1.165) is 24.8 Å². The predicted molar refractivity (Wildman–Crippen MR) is 115 cm³/mol. The first-order chi connectivity index (χ1) is 13.2. The lowest BCUT2D eigenvalue weighted by atomic mass is 9.72. The number of thiophene rings is 1. The van der Waals surface area contributed by atoms with E-state index in [1.165, 1.54) is 23.1 Å². The van der Waals surface area contributed by atoms with E-state index in [2.05, 4.69) is 31.4 Å². The highest BCUT2D eigenvalue weighted by molar-refractivity contribution is 7.17. The van der Waals surface area contributed by atoms with Gasteiger partial charge in [0, 0.05) is 11.8 Å². The molecule has 2 amide bonds. The minimum Gasteiger partial charge on any atom is -0.495 e. The molecular weight excluding hydrogens is 372 g/mol. The van der Waals surface area contributed by atoms with Gasteiger partial charge in [-0.15, -0.1) is 11.3 Å². The summed E-state index contributed by atoms with van der Waals surface area (Å²) in [4.78, 5) is 26.1. The monoisotopic (exact) mass is 400 g/mol. The molecule has 1 aromatic heterocycles. The van der Waals surface area contributed by atoms with E-state index >= 15 is 0 Å². The first-order valence-electron chi connectivity index (χ1n) is 9.57. The van der Waals surface area contributed by atoms with Crippen LogP contribution >= 0.6 is 11.3 Å². The summed E-state index contributed by atoms with van der Waals surface area (Å²) in [6, 6.07) is 7.32. The van der Waals surface area contributed by atoms with Gasteiger partial charge in [-0.3, -0.25) is 9.59 Å². The second-order valence-corrected chi connectivity index (χ2v) is 9.45. The fourth-order valence-corrected chi connectivity index (χ4v) is 5.12. The molecule has 0 fully saturated rings. The van der Waals surface area contributed by atoms with Gasteiger partial charge in [0.2, 0.25) is 5.91 Å². The molecule has 0 bridgehead atoms. The Labute approximate surface area is 170 Å². The standard InChI is InChI=1S/C22H28N2O3S/c1-13(25)23-21-19(20(26)24-16-8-6-7-9-17(16)27-5)15-11-10-14(22(2,3)4)12-18(15)28-21/h6-9,14H,10-12H2,1-5H3,(H,23,25)(H,24,26)/t14-/m0/s1. The van der Waals surface area contributed by atoms with Gasteiger partial charge < -0.3 is 15.4 Å². The molecule has 1 aliphatic rings. The molecule has 0 saturated heterocycles. The van der Waals surface area contributed by atoms with Crippen LogP contribution in [0.2, 0.25) is 0 Å². The Balaban J connectivity index is 1.96. The summed E-state index contributed by atoms with van der Waals surface area (Å²) in [6.07, 6.45) is 2.84. The fraction of sp³-hybridized carbons (Fsp3) is 0.455. The molecule has 0 radical (unpaired) electrons. The Morgan fingerprint density at radius 2 is 1.89 bits per heavy atom. The highest BCUT2D eigenvalue weighted by Gasteiger charge is 2.34. The molecule has 1 atom stereocenters. The van der Waals surface area contributed by atoms with E-state index < -0.39 is 0 Å². The number of benzene rings is 1. The summed E-state index contributed by atoms with van der Waals surface area (Å²) < 4.78 is 5.34. The van der Waals surface area contributed by atoms with Crippen molar-refractivity contribution in [2.75, 3.05) is 17.7 Å². The first-order valence-corrected chi connectivity index (χ1v) is 10.4. The molecule has 2 aromatic rings. The van der Waals surface area contributed by atoms with Crippen LogP contribution < -0.4 is 15.4 Å². The molecule has 0 saturated carbocycles. The van der Waals surface area contributed by atoms with Gasteiger partial charge in [-0.25, -0.2) is 0 Å². The Hall–Kier alpha value is -2.34. The average Bonchev–Trinajstić information content (AvgIpc) is 2.97. The number of methoxy groups -OCH3 is 1. The third-order valence-corrected chi connectivity index (χ3v) is 6.53. The number of hydrogen-bond acceptors (Lipinski definition) is 4. The number of anilines is 2. The van der Waals surface area contributed by atoms with E-state index in [-0.39, 0.29) is 17.2 Å². The molecule has 1 aliphatic carbocycles. The summed E-state index contributed by atoms with van der Waals surface area (Å²) in [5.74, 6) is 0.792. The van der Waals surface area contributed by atoms with E-state index in [1.54, 1.807) is 13.2 Å². The number of para-hydroxylation sites is 2. The number of carbonyl (C=O) groups is 2. The van der Waals surface area contributed by atoms with E-state index in [9.17, 15) is 9.59 Å². The second-order valence-electron chi connectivity index (χ2n) is 8.35. The lowest BCUT2D eigenvalue weighted by molar-refractivity contribution is -0.114. The fourth-order valence-electron chi connectivity index (χ4n) is 3.75. The number of hydrogen-bond donors (Lipinski definition) is 2. The van der Waals surface area contributed by atoms with Crippen LogP contribution in [0.3, 0.4) is 0 Å². The van der Waals surface area contributed by atoms with E-state index in [1.807, 2.05) is 18.2 Å². The Morgan fingerprint density at radius 1 is 1.18 bits per heavy atom. The summed E-state index contributed by atoms with van der Waals surface area (Å²) in [5, 5.41) is 6.47. The minimum atomic E-state index is -0.208. The molecule has 1 aromatic carbocycles. The van der Waals surface area contributed by atoms with Gasteiger partial charge in [0.1, 0.15) is 10.8 Å². The van der Waals surface area contributed by atoms with Crippen molar-refractivity contribution in [2.45, 2.75) is 47.0 Å². The van der Waals surface area contributed by atoms with Crippen molar-refractivity contribution in [1.82, 2.24) is 0 Å².